The summed E-state index contributed by atoms with van der Waals surface area (Å²) in [6, 6.07) is 7.52. The van der Waals surface area contributed by atoms with E-state index >= 15 is 0 Å². The van der Waals surface area contributed by atoms with Crippen LogP contribution in [0.2, 0.25) is 0 Å². The van der Waals surface area contributed by atoms with Gasteiger partial charge in [-0.25, -0.2) is 4.85 Å². The minimum atomic E-state index is 0.693. The second-order valence-electron chi connectivity index (χ2n) is 2.20. The molecule has 54 valence electrons. The third-order valence-electron chi connectivity index (χ3n) is 1.38. The molecule has 1 nitrogen and oxygen atoms in total. The maximum atomic E-state index is 6.72. The predicted molar refractivity (Wildman–Crippen MR) is 47.4 cm³/mol. The quantitative estimate of drug-likeness (QED) is 0.531. The second kappa shape index (κ2) is 3.58. The first-order chi connectivity index (χ1) is 5.36. The fourth-order valence-electron chi connectivity index (χ4n) is 0.852. The number of hydrogen-bond acceptors (Lipinski definition) is 0. The minimum absolute atomic E-state index is 0.693. The molecule has 0 unspecified atom stereocenters. The van der Waals surface area contributed by atoms with E-state index in [4.69, 9.17) is 6.57 Å². The summed E-state index contributed by atoms with van der Waals surface area (Å²) in [6.45, 7) is 8.70. The summed E-state index contributed by atoms with van der Waals surface area (Å²) < 4.78 is 0. The number of allylic oxidation sites excluding steroid dienone is 1. The summed E-state index contributed by atoms with van der Waals surface area (Å²) in [4.78, 5) is 3.30. The Labute approximate surface area is 66.8 Å². The number of rotatable bonds is 1. The van der Waals surface area contributed by atoms with E-state index in [1.165, 1.54) is 0 Å². The van der Waals surface area contributed by atoms with Crippen molar-refractivity contribution >= 4 is 11.8 Å². The molecule has 0 aliphatic carbocycles. The third kappa shape index (κ3) is 1.94. The molecule has 0 spiro atoms. The molecule has 0 bridgehead atoms. The van der Waals surface area contributed by atoms with Crippen LogP contribution in [-0.2, 0) is 0 Å². The van der Waals surface area contributed by atoms with Gasteiger partial charge in [-0.3, -0.25) is 0 Å². The number of benzene rings is 1. The SMILES string of the molecule is [C-]#[N+]c1ccc(C=CC)cc1. The van der Waals surface area contributed by atoms with Gasteiger partial charge in [-0.15, -0.1) is 0 Å². The Bertz CT molecular complexity index is 288. The van der Waals surface area contributed by atoms with Gasteiger partial charge in [0.15, 0.2) is 5.69 Å². The molecule has 0 aliphatic rings. The molecule has 0 aliphatic heterocycles. The molecule has 1 rings (SSSR count). The first-order valence-electron chi connectivity index (χ1n) is 3.47. The topological polar surface area (TPSA) is 4.36 Å². The van der Waals surface area contributed by atoms with E-state index in [9.17, 15) is 0 Å². The van der Waals surface area contributed by atoms with E-state index in [-0.39, 0.29) is 0 Å². The highest BCUT2D eigenvalue weighted by atomic mass is 14.6. The van der Waals surface area contributed by atoms with Crippen molar-refractivity contribution in [3.05, 3.63) is 47.3 Å². The van der Waals surface area contributed by atoms with Crippen molar-refractivity contribution in [3.8, 4) is 0 Å². The molecular formula is C10H9N. The average molecular weight is 143 g/mol. The molecule has 0 atom stereocenters. The summed E-state index contributed by atoms with van der Waals surface area (Å²) in [7, 11) is 0. The first kappa shape index (κ1) is 7.56. The lowest BCUT2D eigenvalue weighted by Gasteiger charge is -1.91. The van der Waals surface area contributed by atoms with Gasteiger partial charge in [-0.05, 0) is 12.5 Å². The predicted octanol–water partition coefficient (Wildman–Crippen LogP) is 3.27. The Morgan fingerprint density at radius 1 is 1.27 bits per heavy atom. The van der Waals surface area contributed by atoms with Crippen LogP contribution < -0.4 is 0 Å². The highest BCUT2D eigenvalue weighted by molar-refractivity contribution is 5.54. The van der Waals surface area contributed by atoms with Gasteiger partial charge >= 0.3 is 0 Å². The van der Waals surface area contributed by atoms with Crippen LogP contribution in [0.15, 0.2) is 30.3 Å². The normalized spacial score (nSPS) is 9.82. The monoisotopic (exact) mass is 143 g/mol. The van der Waals surface area contributed by atoms with Crippen LogP contribution in [0, 0.1) is 6.57 Å². The zero-order valence-electron chi connectivity index (χ0n) is 6.41. The van der Waals surface area contributed by atoms with Gasteiger partial charge < -0.3 is 0 Å². The van der Waals surface area contributed by atoms with Gasteiger partial charge in [0.25, 0.3) is 0 Å². The zero-order valence-corrected chi connectivity index (χ0v) is 6.41. The van der Waals surface area contributed by atoms with Crippen LogP contribution in [0.3, 0.4) is 0 Å². The fourth-order valence-corrected chi connectivity index (χ4v) is 0.852. The molecule has 0 radical (unpaired) electrons. The standard InChI is InChI=1S/C10H9N/c1-3-4-9-5-7-10(11-2)8-6-9/h3-8H,1H3. The van der Waals surface area contributed by atoms with E-state index in [0.29, 0.717) is 5.69 Å². The van der Waals surface area contributed by atoms with Crippen LogP contribution >= 0.6 is 0 Å². The Kier molecular flexibility index (Phi) is 2.46. The van der Waals surface area contributed by atoms with Gasteiger partial charge in [-0.2, -0.15) is 0 Å². The summed E-state index contributed by atoms with van der Waals surface area (Å²) in [5, 5.41) is 0. The molecule has 11 heavy (non-hydrogen) atoms. The van der Waals surface area contributed by atoms with Gasteiger partial charge in [0.2, 0.25) is 0 Å². The molecule has 0 saturated heterocycles. The van der Waals surface area contributed by atoms with E-state index < -0.39 is 0 Å². The molecule has 0 heterocycles. The van der Waals surface area contributed by atoms with Crippen molar-refractivity contribution in [3.63, 3.8) is 0 Å². The van der Waals surface area contributed by atoms with E-state index in [0.717, 1.165) is 5.56 Å². The first-order valence-corrected chi connectivity index (χ1v) is 3.47. The Morgan fingerprint density at radius 3 is 2.36 bits per heavy atom. The van der Waals surface area contributed by atoms with Crippen LogP contribution in [0.5, 0.6) is 0 Å². The smallest absolute Gasteiger partial charge is 0.187 e. The second-order valence-corrected chi connectivity index (χ2v) is 2.20. The lowest BCUT2D eigenvalue weighted by atomic mass is 10.2. The number of hydrogen-bond donors (Lipinski definition) is 0. The summed E-state index contributed by atoms with van der Waals surface area (Å²) in [5.41, 5.74) is 1.83. The van der Waals surface area contributed by atoms with E-state index in [2.05, 4.69) is 4.85 Å². The van der Waals surface area contributed by atoms with Crippen LogP contribution in [-0.4, -0.2) is 0 Å². The van der Waals surface area contributed by atoms with Gasteiger partial charge in [0.05, 0.1) is 6.57 Å². The van der Waals surface area contributed by atoms with Gasteiger partial charge in [0, 0.05) is 0 Å². The molecule has 0 amide bonds. The largest absolute Gasteiger partial charge is 0.238 e. The molecule has 1 aromatic rings. The number of nitrogens with zero attached hydrogens (tertiary/aromatic N) is 1. The Hall–Kier alpha value is -1.55. The van der Waals surface area contributed by atoms with Crippen molar-refractivity contribution in [2.75, 3.05) is 0 Å². The zero-order chi connectivity index (χ0) is 8.10. The van der Waals surface area contributed by atoms with Crippen molar-refractivity contribution in [2.24, 2.45) is 0 Å². The van der Waals surface area contributed by atoms with E-state index in [1.807, 2.05) is 43.3 Å². The maximum Gasteiger partial charge on any atom is 0.187 e. The Morgan fingerprint density at radius 2 is 1.91 bits per heavy atom. The van der Waals surface area contributed by atoms with Crippen molar-refractivity contribution < 1.29 is 0 Å². The molecular weight excluding hydrogens is 134 g/mol. The Balaban J connectivity index is 2.94. The maximum absolute atomic E-state index is 6.72. The highest BCUT2D eigenvalue weighted by Crippen LogP contribution is 2.12. The summed E-state index contributed by atoms with van der Waals surface area (Å²) in [6.07, 6.45) is 3.99. The van der Waals surface area contributed by atoms with Crippen molar-refractivity contribution in [1.82, 2.24) is 0 Å². The lowest BCUT2D eigenvalue weighted by Crippen LogP contribution is -1.67. The molecule has 1 aromatic carbocycles. The highest BCUT2D eigenvalue weighted by Gasteiger charge is 1.87. The fraction of sp³-hybridized carbons (Fsp3) is 0.100. The lowest BCUT2D eigenvalue weighted by molar-refractivity contribution is 1.65. The molecule has 1 heteroatoms. The van der Waals surface area contributed by atoms with Crippen LogP contribution in [0.1, 0.15) is 12.5 Å². The summed E-state index contributed by atoms with van der Waals surface area (Å²) >= 11 is 0. The minimum Gasteiger partial charge on any atom is -0.238 e. The summed E-state index contributed by atoms with van der Waals surface area (Å²) in [5.74, 6) is 0. The molecule has 0 saturated carbocycles. The van der Waals surface area contributed by atoms with Crippen LogP contribution in [0.4, 0.5) is 5.69 Å². The molecule has 0 N–H and O–H groups in total. The van der Waals surface area contributed by atoms with Crippen LogP contribution in [0.25, 0.3) is 10.9 Å². The van der Waals surface area contributed by atoms with Crippen molar-refractivity contribution in [1.29, 1.82) is 0 Å². The molecule has 0 fully saturated rings. The van der Waals surface area contributed by atoms with E-state index in [1.54, 1.807) is 0 Å². The molecule has 0 aromatic heterocycles. The van der Waals surface area contributed by atoms with Gasteiger partial charge in [0.1, 0.15) is 0 Å². The van der Waals surface area contributed by atoms with Crippen molar-refractivity contribution in [2.45, 2.75) is 6.92 Å². The van der Waals surface area contributed by atoms with Gasteiger partial charge in [-0.1, -0.05) is 36.4 Å². The average Bonchev–Trinajstić information content (AvgIpc) is 2.07. The third-order valence-corrected chi connectivity index (χ3v) is 1.38.